The van der Waals surface area contributed by atoms with Gasteiger partial charge < -0.3 is 14.0 Å². The molecule has 0 unspecified atom stereocenters. The van der Waals surface area contributed by atoms with Crippen LogP contribution in [0.4, 0.5) is 0 Å². The quantitative estimate of drug-likeness (QED) is 0.118. The highest BCUT2D eigenvalue weighted by molar-refractivity contribution is 9.10. The van der Waals surface area contributed by atoms with Gasteiger partial charge >= 0.3 is 0 Å². The molecule has 1 N–H and O–H groups in total. The SMILES string of the molecule is CCOc1cc(/C=N/NC(=O)c2ccc(-n3c(C)ccc3-c3ccccc3)cc2)cc(Br)c1OCc1cccc2ccccc12. The number of ether oxygens (including phenoxy) is 2. The summed E-state index contributed by atoms with van der Waals surface area (Å²) in [6.45, 7) is 4.86. The zero-order chi connectivity index (χ0) is 31.2. The minimum Gasteiger partial charge on any atom is -0.490 e. The van der Waals surface area contributed by atoms with Crippen LogP contribution < -0.4 is 14.9 Å². The number of aromatic nitrogens is 1. The van der Waals surface area contributed by atoms with Crippen LogP contribution in [-0.2, 0) is 6.61 Å². The van der Waals surface area contributed by atoms with Gasteiger partial charge in [0.15, 0.2) is 11.5 Å². The first-order chi connectivity index (χ1) is 22.0. The van der Waals surface area contributed by atoms with Crippen molar-refractivity contribution < 1.29 is 14.3 Å². The summed E-state index contributed by atoms with van der Waals surface area (Å²) in [6.07, 6.45) is 1.59. The molecule has 1 aromatic heterocycles. The van der Waals surface area contributed by atoms with Crippen molar-refractivity contribution in [1.29, 1.82) is 0 Å². The molecule has 0 spiro atoms. The number of rotatable bonds is 10. The molecule has 0 fully saturated rings. The molecular weight excluding hydrogens is 626 g/mol. The Labute approximate surface area is 271 Å². The highest BCUT2D eigenvalue weighted by atomic mass is 79.9. The number of carbonyl (C=O) groups is 1. The fourth-order valence-corrected chi connectivity index (χ4v) is 5.92. The molecule has 6 rings (SSSR count). The Morgan fingerprint density at radius 1 is 0.867 bits per heavy atom. The number of aryl methyl sites for hydroxylation is 1. The maximum absolute atomic E-state index is 12.9. The molecule has 0 saturated heterocycles. The van der Waals surface area contributed by atoms with Crippen molar-refractivity contribution in [3.05, 3.63) is 148 Å². The van der Waals surface area contributed by atoms with Crippen LogP contribution in [0.2, 0.25) is 0 Å². The highest BCUT2D eigenvalue weighted by Crippen LogP contribution is 2.37. The Balaban J connectivity index is 1.14. The van der Waals surface area contributed by atoms with E-state index in [9.17, 15) is 4.79 Å². The van der Waals surface area contributed by atoms with Crippen molar-refractivity contribution in [2.24, 2.45) is 5.10 Å². The Kier molecular flexibility index (Phi) is 9.08. The monoisotopic (exact) mass is 657 g/mol. The molecule has 6 aromatic rings. The number of hydrazone groups is 1. The second-order valence-corrected chi connectivity index (χ2v) is 11.4. The number of hydrogen-bond donors (Lipinski definition) is 1. The summed E-state index contributed by atoms with van der Waals surface area (Å²) >= 11 is 3.64. The van der Waals surface area contributed by atoms with Gasteiger partial charge in [0.2, 0.25) is 0 Å². The second kappa shape index (κ2) is 13.7. The van der Waals surface area contributed by atoms with Gasteiger partial charge in [0, 0.05) is 16.9 Å². The molecule has 0 atom stereocenters. The number of nitrogens with zero attached hydrogens (tertiary/aromatic N) is 2. The molecule has 224 valence electrons. The van der Waals surface area contributed by atoms with Crippen molar-refractivity contribution in [3.8, 4) is 28.4 Å². The van der Waals surface area contributed by atoms with Gasteiger partial charge in [0.1, 0.15) is 6.61 Å². The third kappa shape index (κ3) is 6.69. The fraction of sp³-hybridized carbons (Fsp3) is 0.105. The summed E-state index contributed by atoms with van der Waals surface area (Å²) in [7, 11) is 0. The molecular formula is C38H32BrN3O3. The van der Waals surface area contributed by atoms with E-state index in [0.29, 0.717) is 30.3 Å². The largest absolute Gasteiger partial charge is 0.490 e. The van der Waals surface area contributed by atoms with Gasteiger partial charge in [0.05, 0.1) is 23.0 Å². The van der Waals surface area contributed by atoms with Crippen LogP contribution in [0.3, 0.4) is 0 Å². The molecule has 0 saturated carbocycles. The van der Waals surface area contributed by atoms with Crippen molar-refractivity contribution in [3.63, 3.8) is 0 Å². The van der Waals surface area contributed by atoms with E-state index in [-0.39, 0.29) is 5.91 Å². The van der Waals surface area contributed by atoms with E-state index in [0.717, 1.165) is 43.6 Å². The molecule has 0 aliphatic rings. The summed E-state index contributed by atoms with van der Waals surface area (Å²) in [4.78, 5) is 12.9. The van der Waals surface area contributed by atoms with Crippen LogP contribution in [0.5, 0.6) is 11.5 Å². The van der Waals surface area contributed by atoms with Crippen LogP contribution >= 0.6 is 15.9 Å². The third-order valence-corrected chi connectivity index (χ3v) is 8.09. The standard InChI is InChI=1S/C38H32BrN3O3/c1-3-44-36-23-27(22-34(39)37(36)45-25-31-14-9-13-28-10-7-8-15-33(28)31)24-40-41-38(43)30-17-19-32(20-18-30)42-26(2)16-21-35(42)29-11-5-4-6-12-29/h4-24H,3,25H2,1-2H3,(H,41,43)/b40-24+. The lowest BCUT2D eigenvalue weighted by Crippen LogP contribution is -2.17. The number of nitrogens with one attached hydrogen (secondary N) is 1. The zero-order valence-electron chi connectivity index (χ0n) is 25.0. The number of amides is 1. The Bertz CT molecular complexity index is 1980. The summed E-state index contributed by atoms with van der Waals surface area (Å²) in [5.74, 6) is 0.898. The zero-order valence-corrected chi connectivity index (χ0v) is 26.6. The van der Waals surface area contributed by atoms with Gasteiger partial charge in [-0.2, -0.15) is 5.10 Å². The molecule has 0 radical (unpaired) electrons. The topological polar surface area (TPSA) is 64.8 Å². The van der Waals surface area contributed by atoms with Gasteiger partial charge in [-0.25, -0.2) is 5.43 Å². The Hall–Kier alpha value is -5.14. The first-order valence-electron chi connectivity index (χ1n) is 14.7. The van der Waals surface area contributed by atoms with Crippen molar-refractivity contribution in [2.45, 2.75) is 20.5 Å². The summed E-state index contributed by atoms with van der Waals surface area (Å²) in [6, 6.07) is 40.1. The number of hydrogen-bond acceptors (Lipinski definition) is 4. The molecule has 0 aliphatic carbocycles. The molecule has 45 heavy (non-hydrogen) atoms. The van der Waals surface area contributed by atoms with Gasteiger partial charge in [-0.05, 0) is 106 Å². The van der Waals surface area contributed by atoms with E-state index in [2.05, 4.69) is 86.5 Å². The fourth-order valence-electron chi connectivity index (χ4n) is 5.34. The van der Waals surface area contributed by atoms with E-state index < -0.39 is 0 Å². The smallest absolute Gasteiger partial charge is 0.271 e. The van der Waals surface area contributed by atoms with Crippen molar-refractivity contribution >= 4 is 38.8 Å². The molecule has 7 heteroatoms. The Morgan fingerprint density at radius 3 is 2.42 bits per heavy atom. The maximum atomic E-state index is 12.9. The van der Waals surface area contributed by atoms with Gasteiger partial charge in [-0.3, -0.25) is 4.79 Å². The molecule has 0 aliphatic heterocycles. The van der Waals surface area contributed by atoms with E-state index >= 15 is 0 Å². The highest BCUT2D eigenvalue weighted by Gasteiger charge is 2.14. The molecule has 0 bridgehead atoms. The number of benzene rings is 5. The minimum absolute atomic E-state index is 0.301. The van der Waals surface area contributed by atoms with Gasteiger partial charge in [-0.1, -0.05) is 72.8 Å². The second-order valence-electron chi connectivity index (χ2n) is 10.5. The molecule has 6 nitrogen and oxygen atoms in total. The minimum atomic E-state index is -0.301. The number of halogens is 1. The summed E-state index contributed by atoms with van der Waals surface area (Å²) in [5, 5.41) is 6.53. The third-order valence-electron chi connectivity index (χ3n) is 7.50. The van der Waals surface area contributed by atoms with Crippen LogP contribution in [0.15, 0.2) is 131 Å². The predicted octanol–water partition coefficient (Wildman–Crippen LogP) is 9.11. The van der Waals surface area contributed by atoms with Crippen LogP contribution in [0.1, 0.15) is 34.1 Å². The van der Waals surface area contributed by atoms with Crippen molar-refractivity contribution in [1.82, 2.24) is 9.99 Å². The van der Waals surface area contributed by atoms with Crippen LogP contribution in [0.25, 0.3) is 27.7 Å². The van der Waals surface area contributed by atoms with Crippen molar-refractivity contribution in [2.75, 3.05) is 6.61 Å². The molecule has 1 amide bonds. The van der Waals surface area contributed by atoms with E-state index in [4.69, 9.17) is 9.47 Å². The van der Waals surface area contributed by atoms with E-state index in [1.807, 2.05) is 67.6 Å². The summed E-state index contributed by atoms with van der Waals surface area (Å²) < 4.78 is 15.1. The average Bonchev–Trinajstić information content (AvgIpc) is 3.46. The number of fused-ring (bicyclic) bond motifs is 1. The van der Waals surface area contributed by atoms with Crippen LogP contribution in [0, 0.1) is 6.92 Å². The number of carbonyl (C=O) groups excluding carboxylic acids is 1. The normalized spacial score (nSPS) is 11.2. The van der Waals surface area contributed by atoms with Crippen LogP contribution in [-0.4, -0.2) is 23.3 Å². The van der Waals surface area contributed by atoms with E-state index in [1.165, 1.54) is 5.39 Å². The van der Waals surface area contributed by atoms with Gasteiger partial charge in [-0.15, -0.1) is 0 Å². The predicted molar refractivity (Wildman–Crippen MR) is 185 cm³/mol. The molecule has 1 heterocycles. The summed E-state index contributed by atoms with van der Waals surface area (Å²) in [5.41, 5.74) is 9.29. The first kappa shape index (κ1) is 29.9. The lowest BCUT2D eigenvalue weighted by molar-refractivity contribution is 0.0955. The average molecular weight is 659 g/mol. The van der Waals surface area contributed by atoms with E-state index in [1.54, 1.807) is 18.3 Å². The Morgan fingerprint density at radius 2 is 1.62 bits per heavy atom. The molecule has 5 aromatic carbocycles. The first-order valence-corrected chi connectivity index (χ1v) is 15.5. The van der Waals surface area contributed by atoms with Gasteiger partial charge in [0.25, 0.3) is 5.91 Å². The maximum Gasteiger partial charge on any atom is 0.271 e. The lowest BCUT2D eigenvalue weighted by Gasteiger charge is -2.15. The lowest BCUT2D eigenvalue weighted by atomic mass is 10.1.